The van der Waals surface area contributed by atoms with E-state index >= 15 is 0 Å². The molecule has 0 radical (unpaired) electrons. The van der Waals surface area contributed by atoms with Gasteiger partial charge in [0.05, 0.1) is 0 Å². The van der Waals surface area contributed by atoms with E-state index in [2.05, 4.69) is 10.6 Å². The largest absolute Gasteiger partial charge is 0.360 e. The van der Waals surface area contributed by atoms with E-state index < -0.39 is 5.91 Å². The molecule has 2 aromatic rings. The third-order valence-corrected chi connectivity index (χ3v) is 3.45. The number of benzene rings is 2. The number of amides is 1. The highest BCUT2D eigenvalue weighted by atomic mass is 35.5. The molecule has 1 amide bonds. The van der Waals surface area contributed by atoms with Crippen LogP contribution in [0.25, 0.3) is 0 Å². The summed E-state index contributed by atoms with van der Waals surface area (Å²) in [5.41, 5.74) is 2.20. The maximum atomic E-state index is 12.0. The quantitative estimate of drug-likeness (QED) is 0.660. The van der Waals surface area contributed by atoms with E-state index in [0.717, 1.165) is 11.3 Å². The molecule has 0 saturated carbocycles. The Labute approximate surface area is 134 Å². The molecule has 4 nitrogen and oxygen atoms in total. The smallest absolute Gasteiger partial charge is 0.267 e. The van der Waals surface area contributed by atoms with Crippen LogP contribution in [0.15, 0.2) is 60.3 Å². The minimum Gasteiger partial charge on any atom is -0.360 e. The van der Waals surface area contributed by atoms with Crippen LogP contribution in [-0.4, -0.2) is 5.91 Å². The van der Waals surface area contributed by atoms with Crippen LogP contribution in [-0.2, 0) is 4.79 Å². The first-order valence-electron chi connectivity index (χ1n) is 6.60. The molecule has 2 N–H and O–H groups in total. The lowest BCUT2D eigenvalue weighted by molar-refractivity contribution is -0.112. The van der Waals surface area contributed by atoms with E-state index in [4.69, 9.17) is 16.9 Å². The van der Waals surface area contributed by atoms with Gasteiger partial charge in [0.25, 0.3) is 5.91 Å². The minimum absolute atomic E-state index is 0.0248. The summed E-state index contributed by atoms with van der Waals surface area (Å²) in [4.78, 5) is 12.0. The Bertz CT molecular complexity index is 748. The molecule has 0 heterocycles. The number of anilines is 2. The van der Waals surface area contributed by atoms with Gasteiger partial charge in [-0.2, -0.15) is 5.26 Å². The molecule has 110 valence electrons. The van der Waals surface area contributed by atoms with Gasteiger partial charge in [0.2, 0.25) is 0 Å². The van der Waals surface area contributed by atoms with Crippen LogP contribution in [0.3, 0.4) is 0 Å². The van der Waals surface area contributed by atoms with Crippen molar-refractivity contribution < 1.29 is 4.79 Å². The van der Waals surface area contributed by atoms with Gasteiger partial charge in [-0.1, -0.05) is 35.9 Å². The third-order valence-electron chi connectivity index (χ3n) is 3.04. The number of hydrogen-bond donors (Lipinski definition) is 2. The van der Waals surface area contributed by atoms with Crippen molar-refractivity contribution in [2.75, 3.05) is 10.6 Å². The Kier molecular flexibility index (Phi) is 5.18. The fourth-order valence-electron chi connectivity index (χ4n) is 1.78. The van der Waals surface area contributed by atoms with Gasteiger partial charge in [0.15, 0.2) is 0 Å². The first kappa shape index (κ1) is 15.6. The predicted octanol–water partition coefficient (Wildman–Crippen LogP) is 4.11. The van der Waals surface area contributed by atoms with Gasteiger partial charge < -0.3 is 10.6 Å². The van der Waals surface area contributed by atoms with E-state index in [0.29, 0.717) is 10.7 Å². The molecule has 0 aromatic heterocycles. The van der Waals surface area contributed by atoms with Crippen molar-refractivity contribution in [1.29, 1.82) is 5.26 Å². The Morgan fingerprint density at radius 2 is 1.91 bits per heavy atom. The maximum Gasteiger partial charge on any atom is 0.267 e. The fraction of sp³-hybridized carbons (Fsp3) is 0.0588. The van der Waals surface area contributed by atoms with Crippen molar-refractivity contribution in [3.05, 3.63) is 70.9 Å². The summed E-state index contributed by atoms with van der Waals surface area (Å²) in [6, 6.07) is 16.2. The predicted molar refractivity (Wildman–Crippen MR) is 88.6 cm³/mol. The zero-order valence-electron chi connectivity index (χ0n) is 11.9. The zero-order chi connectivity index (χ0) is 15.9. The highest BCUT2D eigenvalue weighted by Gasteiger charge is 2.09. The Morgan fingerprint density at radius 3 is 2.59 bits per heavy atom. The monoisotopic (exact) mass is 311 g/mol. The van der Waals surface area contributed by atoms with Crippen LogP contribution < -0.4 is 10.6 Å². The number of rotatable bonds is 4. The molecule has 0 aliphatic carbocycles. The molecular weight excluding hydrogens is 298 g/mol. The molecular formula is C17H14ClN3O. The lowest BCUT2D eigenvalue weighted by atomic mass is 10.2. The summed E-state index contributed by atoms with van der Waals surface area (Å²) in [5, 5.41) is 15.3. The molecule has 0 saturated heterocycles. The zero-order valence-corrected chi connectivity index (χ0v) is 12.7. The molecule has 0 fully saturated rings. The van der Waals surface area contributed by atoms with Crippen molar-refractivity contribution in [2.45, 2.75) is 6.92 Å². The summed E-state index contributed by atoms with van der Waals surface area (Å²) >= 11 is 6.03. The van der Waals surface area contributed by atoms with Crippen molar-refractivity contribution in [1.82, 2.24) is 0 Å². The van der Waals surface area contributed by atoms with Crippen LogP contribution in [0, 0.1) is 18.3 Å². The highest BCUT2D eigenvalue weighted by Crippen LogP contribution is 2.23. The SMILES string of the molecule is Cc1c(Cl)cccc1N/C=C(\C#N)C(=O)Nc1ccccc1. The second kappa shape index (κ2) is 7.30. The van der Waals surface area contributed by atoms with Gasteiger partial charge in [-0.25, -0.2) is 0 Å². The van der Waals surface area contributed by atoms with Crippen LogP contribution in [0.1, 0.15) is 5.56 Å². The average Bonchev–Trinajstić information content (AvgIpc) is 2.53. The molecule has 22 heavy (non-hydrogen) atoms. The molecule has 5 heteroatoms. The second-order valence-electron chi connectivity index (χ2n) is 4.55. The number of carbonyl (C=O) groups excluding carboxylic acids is 1. The molecule has 0 aliphatic heterocycles. The number of halogens is 1. The normalized spacial score (nSPS) is 10.7. The van der Waals surface area contributed by atoms with Crippen molar-refractivity contribution in [3.8, 4) is 6.07 Å². The van der Waals surface area contributed by atoms with E-state index in [-0.39, 0.29) is 5.57 Å². The number of carbonyl (C=O) groups is 1. The first-order chi connectivity index (χ1) is 10.6. The number of nitrogens with one attached hydrogen (secondary N) is 2. The first-order valence-corrected chi connectivity index (χ1v) is 6.98. The molecule has 0 aliphatic rings. The standard InChI is InChI=1S/C17H14ClN3O/c1-12-15(18)8-5-9-16(12)20-11-13(10-19)17(22)21-14-6-3-2-4-7-14/h2-9,11,20H,1H3,(H,21,22)/b13-11+. The summed E-state index contributed by atoms with van der Waals surface area (Å²) in [7, 11) is 0. The molecule has 2 aromatic carbocycles. The average molecular weight is 312 g/mol. The van der Waals surface area contributed by atoms with Crippen LogP contribution >= 0.6 is 11.6 Å². The Morgan fingerprint density at radius 1 is 1.18 bits per heavy atom. The molecule has 0 unspecified atom stereocenters. The van der Waals surface area contributed by atoms with Gasteiger partial charge in [0, 0.05) is 22.6 Å². The maximum absolute atomic E-state index is 12.0. The number of para-hydroxylation sites is 1. The third kappa shape index (κ3) is 3.87. The lowest BCUT2D eigenvalue weighted by Crippen LogP contribution is -2.14. The van der Waals surface area contributed by atoms with E-state index in [9.17, 15) is 4.79 Å². The number of nitriles is 1. The van der Waals surface area contributed by atoms with E-state index in [1.165, 1.54) is 6.20 Å². The minimum atomic E-state index is -0.471. The van der Waals surface area contributed by atoms with Gasteiger partial charge in [-0.15, -0.1) is 0 Å². The molecule has 0 spiro atoms. The van der Waals surface area contributed by atoms with Gasteiger partial charge in [-0.05, 0) is 36.8 Å². The lowest BCUT2D eigenvalue weighted by Gasteiger charge is -2.08. The van der Waals surface area contributed by atoms with E-state index in [1.54, 1.807) is 36.4 Å². The topological polar surface area (TPSA) is 64.9 Å². The Balaban J connectivity index is 2.12. The van der Waals surface area contributed by atoms with Gasteiger partial charge >= 0.3 is 0 Å². The number of hydrogen-bond acceptors (Lipinski definition) is 3. The molecule has 0 bridgehead atoms. The number of nitrogens with zero attached hydrogens (tertiary/aromatic N) is 1. The Hall–Kier alpha value is -2.77. The second-order valence-corrected chi connectivity index (χ2v) is 4.95. The van der Waals surface area contributed by atoms with Gasteiger partial charge in [0.1, 0.15) is 11.6 Å². The van der Waals surface area contributed by atoms with E-state index in [1.807, 2.05) is 25.1 Å². The highest BCUT2D eigenvalue weighted by molar-refractivity contribution is 6.31. The van der Waals surface area contributed by atoms with Crippen LogP contribution in [0.2, 0.25) is 5.02 Å². The summed E-state index contributed by atoms with van der Waals surface area (Å²) in [5.74, 6) is -0.471. The summed E-state index contributed by atoms with van der Waals surface area (Å²) < 4.78 is 0. The van der Waals surface area contributed by atoms with Crippen molar-refractivity contribution >= 4 is 28.9 Å². The summed E-state index contributed by atoms with van der Waals surface area (Å²) in [6.07, 6.45) is 1.37. The molecule has 0 atom stereocenters. The van der Waals surface area contributed by atoms with Crippen LogP contribution in [0.4, 0.5) is 11.4 Å². The van der Waals surface area contributed by atoms with Crippen molar-refractivity contribution in [3.63, 3.8) is 0 Å². The fourth-order valence-corrected chi connectivity index (χ4v) is 1.96. The molecule has 2 rings (SSSR count). The van der Waals surface area contributed by atoms with Crippen LogP contribution in [0.5, 0.6) is 0 Å². The summed E-state index contributed by atoms with van der Waals surface area (Å²) in [6.45, 7) is 1.86. The van der Waals surface area contributed by atoms with Crippen molar-refractivity contribution in [2.24, 2.45) is 0 Å². The van der Waals surface area contributed by atoms with Gasteiger partial charge in [-0.3, -0.25) is 4.79 Å².